The van der Waals surface area contributed by atoms with Crippen LogP contribution >= 0.6 is 0 Å². The molecular weight excluding hydrogens is 404 g/mol. The second-order valence-corrected chi connectivity index (χ2v) is 7.87. The van der Waals surface area contributed by atoms with Crippen molar-refractivity contribution in [3.63, 3.8) is 0 Å². The SMILES string of the molecule is Cc1cc(OCC(=O)OC(C)C)cc2c1C(=O)/C(=C/c1ccc(-c3ccccc3)cc1)O2. The van der Waals surface area contributed by atoms with Crippen molar-refractivity contribution in [2.45, 2.75) is 26.9 Å². The first-order valence-corrected chi connectivity index (χ1v) is 10.5. The molecule has 3 aromatic rings. The van der Waals surface area contributed by atoms with E-state index >= 15 is 0 Å². The van der Waals surface area contributed by atoms with E-state index in [2.05, 4.69) is 12.1 Å². The Morgan fingerprint density at radius 1 is 1.00 bits per heavy atom. The Bertz CT molecular complexity index is 1170. The van der Waals surface area contributed by atoms with Crippen LogP contribution in [0.5, 0.6) is 11.5 Å². The van der Waals surface area contributed by atoms with Crippen molar-refractivity contribution in [3.05, 3.63) is 89.2 Å². The van der Waals surface area contributed by atoms with Crippen molar-refractivity contribution in [3.8, 4) is 22.6 Å². The number of carbonyl (C=O) groups is 2. The third-order valence-electron chi connectivity index (χ3n) is 4.98. The largest absolute Gasteiger partial charge is 0.482 e. The van der Waals surface area contributed by atoms with Gasteiger partial charge in [0.1, 0.15) is 11.5 Å². The molecule has 0 unspecified atom stereocenters. The van der Waals surface area contributed by atoms with Gasteiger partial charge in [-0.3, -0.25) is 4.79 Å². The van der Waals surface area contributed by atoms with Gasteiger partial charge in [0, 0.05) is 6.07 Å². The summed E-state index contributed by atoms with van der Waals surface area (Å²) in [7, 11) is 0. The van der Waals surface area contributed by atoms with Gasteiger partial charge in [-0.2, -0.15) is 0 Å². The Hall–Kier alpha value is -3.86. The lowest BCUT2D eigenvalue weighted by molar-refractivity contribution is -0.149. The lowest BCUT2D eigenvalue weighted by Gasteiger charge is -2.10. The van der Waals surface area contributed by atoms with Gasteiger partial charge in [-0.05, 0) is 55.2 Å². The molecular formula is C27H24O5. The minimum Gasteiger partial charge on any atom is -0.482 e. The van der Waals surface area contributed by atoms with Crippen LogP contribution in [0.2, 0.25) is 0 Å². The summed E-state index contributed by atoms with van der Waals surface area (Å²) in [5.41, 5.74) is 4.33. The van der Waals surface area contributed by atoms with Crippen LogP contribution in [0, 0.1) is 6.92 Å². The van der Waals surface area contributed by atoms with Gasteiger partial charge in [0.2, 0.25) is 5.78 Å². The molecule has 162 valence electrons. The summed E-state index contributed by atoms with van der Waals surface area (Å²) < 4.78 is 16.5. The Balaban J connectivity index is 1.50. The number of benzene rings is 3. The van der Waals surface area contributed by atoms with E-state index in [0.717, 1.165) is 22.3 Å². The van der Waals surface area contributed by atoms with Crippen molar-refractivity contribution in [1.82, 2.24) is 0 Å². The average molecular weight is 428 g/mol. The van der Waals surface area contributed by atoms with Crippen LogP contribution in [0.15, 0.2) is 72.5 Å². The molecule has 0 atom stereocenters. The van der Waals surface area contributed by atoms with Gasteiger partial charge >= 0.3 is 5.97 Å². The van der Waals surface area contributed by atoms with E-state index in [4.69, 9.17) is 14.2 Å². The van der Waals surface area contributed by atoms with Gasteiger partial charge in [0.15, 0.2) is 12.4 Å². The highest BCUT2D eigenvalue weighted by atomic mass is 16.6. The van der Waals surface area contributed by atoms with Gasteiger partial charge in [-0.15, -0.1) is 0 Å². The molecule has 0 radical (unpaired) electrons. The molecule has 0 fully saturated rings. The number of aryl methyl sites for hydroxylation is 1. The van der Waals surface area contributed by atoms with Crippen LogP contribution in [0.1, 0.15) is 35.3 Å². The van der Waals surface area contributed by atoms with E-state index in [1.165, 1.54) is 0 Å². The van der Waals surface area contributed by atoms with Gasteiger partial charge < -0.3 is 14.2 Å². The maximum absolute atomic E-state index is 12.9. The van der Waals surface area contributed by atoms with Crippen LogP contribution in [-0.2, 0) is 9.53 Å². The van der Waals surface area contributed by atoms with Crippen LogP contribution < -0.4 is 9.47 Å². The first-order valence-electron chi connectivity index (χ1n) is 10.5. The van der Waals surface area contributed by atoms with Crippen LogP contribution in [0.4, 0.5) is 0 Å². The van der Waals surface area contributed by atoms with Crippen LogP contribution in [0.3, 0.4) is 0 Å². The maximum Gasteiger partial charge on any atom is 0.344 e. The summed E-state index contributed by atoms with van der Waals surface area (Å²) in [4.78, 5) is 24.6. The number of ether oxygens (including phenoxy) is 3. The normalized spacial score (nSPS) is 13.8. The van der Waals surface area contributed by atoms with Crippen molar-refractivity contribution in [1.29, 1.82) is 0 Å². The molecule has 0 bridgehead atoms. The Morgan fingerprint density at radius 2 is 1.69 bits per heavy atom. The monoisotopic (exact) mass is 428 g/mol. The highest BCUT2D eigenvalue weighted by Crippen LogP contribution is 2.37. The van der Waals surface area contributed by atoms with Gasteiger partial charge in [-0.25, -0.2) is 4.79 Å². The molecule has 0 saturated heterocycles. The summed E-state index contributed by atoms with van der Waals surface area (Å²) in [5.74, 6) is 0.509. The summed E-state index contributed by atoms with van der Waals surface area (Å²) in [6.45, 7) is 5.16. The Kier molecular flexibility index (Phi) is 6.08. The fourth-order valence-corrected chi connectivity index (χ4v) is 3.55. The van der Waals surface area contributed by atoms with E-state index in [-0.39, 0.29) is 24.3 Å². The molecule has 0 spiro atoms. The third kappa shape index (κ3) is 4.72. The molecule has 0 aromatic heterocycles. The number of hydrogen-bond acceptors (Lipinski definition) is 5. The Morgan fingerprint density at radius 3 is 2.38 bits per heavy atom. The second kappa shape index (κ2) is 9.10. The molecule has 1 heterocycles. The summed E-state index contributed by atoms with van der Waals surface area (Å²) in [5, 5.41) is 0. The predicted octanol–water partition coefficient (Wildman–Crippen LogP) is 5.61. The van der Waals surface area contributed by atoms with Crippen molar-refractivity contribution in [2.24, 2.45) is 0 Å². The minimum absolute atomic E-state index is 0.171. The molecule has 4 rings (SSSR count). The fourth-order valence-electron chi connectivity index (χ4n) is 3.55. The summed E-state index contributed by atoms with van der Waals surface area (Å²) >= 11 is 0. The standard InChI is InChI=1S/C27H24O5/c1-17(2)31-25(28)16-30-22-13-18(3)26-23(15-22)32-24(27(26)29)14-19-9-11-21(12-10-19)20-7-5-4-6-8-20/h4-15,17H,16H2,1-3H3/b24-14-. The first-order chi connectivity index (χ1) is 15.4. The molecule has 5 nitrogen and oxygen atoms in total. The zero-order chi connectivity index (χ0) is 22.7. The summed E-state index contributed by atoms with van der Waals surface area (Å²) in [6, 6.07) is 21.4. The minimum atomic E-state index is -0.449. The van der Waals surface area contributed by atoms with Crippen molar-refractivity contribution < 1.29 is 23.8 Å². The number of fused-ring (bicyclic) bond motifs is 1. The van der Waals surface area contributed by atoms with Crippen LogP contribution in [-0.4, -0.2) is 24.5 Å². The Labute approximate surface area is 187 Å². The lowest BCUT2D eigenvalue weighted by Crippen LogP contribution is -2.18. The van der Waals surface area contributed by atoms with E-state index in [1.807, 2.05) is 49.4 Å². The van der Waals surface area contributed by atoms with E-state index < -0.39 is 5.97 Å². The number of esters is 1. The zero-order valence-electron chi connectivity index (χ0n) is 18.3. The molecule has 5 heteroatoms. The smallest absolute Gasteiger partial charge is 0.344 e. The van der Waals surface area contributed by atoms with Gasteiger partial charge in [0.05, 0.1) is 11.7 Å². The molecule has 1 aliphatic rings. The first kappa shape index (κ1) is 21.4. The third-order valence-corrected chi connectivity index (χ3v) is 4.98. The van der Waals surface area contributed by atoms with Crippen LogP contribution in [0.25, 0.3) is 17.2 Å². The van der Waals surface area contributed by atoms with E-state index in [1.54, 1.807) is 32.1 Å². The molecule has 0 amide bonds. The van der Waals surface area contributed by atoms with Gasteiger partial charge in [0.25, 0.3) is 0 Å². The predicted molar refractivity (Wildman–Crippen MR) is 123 cm³/mol. The van der Waals surface area contributed by atoms with Crippen molar-refractivity contribution >= 4 is 17.8 Å². The number of carbonyl (C=O) groups excluding carboxylic acids is 2. The average Bonchev–Trinajstić information content (AvgIpc) is 3.08. The highest BCUT2D eigenvalue weighted by Gasteiger charge is 2.30. The second-order valence-electron chi connectivity index (χ2n) is 7.87. The number of hydrogen-bond donors (Lipinski definition) is 0. The molecule has 32 heavy (non-hydrogen) atoms. The molecule has 0 saturated carbocycles. The number of rotatable bonds is 6. The number of allylic oxidation sites excluding steroid dienone is 1. The molecule has 0 aliphatic carbocycles. The molecule has 1 aliphatic heterocycles. The maximum atomic E-state index is 12.9. The molecule has 0 N–H and O–H groups in total. The quantitative estimate of drug-likeness (QED) is 0.377. The number of Topliss-reactive ketones (excluding diaryl/α,β-unsaturated/α-hetero) is 1. The molecule has 3 aromatic carbocycles. The highest BCUT2D eigenvalue weighted by molar-refractivity contribution is 6.15. The lowest BCUT2D eigenvalue weighted by atomic mass is 10.0. The van der Waals surface area contributed by atoms with E-state index in [0.29, 0.717) is 17.1 Å². The van der Waals surface area contributed by atoms with E-state index in [9.17, 15) is 9.59 Å². The topological polar surface area (TPSA) is 61.8 Å². The van der Waals surface area contributed by atoms with Crippen molar-refractivity contribution in [2.75, 3.05) is 6.61 Å². The fraction of sp³-hybridized carbons (Fsp3) is 0.185. The zero-order valence-corrected chi connectivity index (χ0v) is 18.3. The summed E-state index contributed by atoms with van der Waals surface area (Å²) in [6.07, 6.45) is 1.53. The number of ketones is 1. The van der Waals surface area contributed by atoms with Gasteiger partial charge in [-0.1, -0.05) is 54.6 Å².